The number of thioether (sulfide) groups is 2. The van der Waals surface area contributed by atoms with Gasteiger partial charge in [-0.2, -0.15) is 11.8 Å². The monoisotopic (exact) mass is 276 g/mol. The molecule has 0 spiro atoms. The van der Waals surface area contributed by atoms with Crippen LogP contribution in [0, 0.1) is 5.41 Å². The normalized spacial score (nSPS) is 13.9. The lowest BCUT2D eigenvalue weighted by atomic mass is 9.99. The van der Waals surface area contributed by atoms with E-state index in [2.05, 4.69) is 34.6 Å². The molecule has 0 atom stereocenters. The molecule has 17 heavy (non-hydrogen) atoms. The average molecular weight is 277 g/mol. The van der Waals surface area contributed by atoms with Crippen molar-refractivity contribution in [2.45, 2.75) is 71.3 Å². The maximum absolute atomic E-state index is 12.0. The molecule has 0 aromatic heterocycles. The zero-order valence-electron chi connectivity index (χ0n) is 12.6. The van der Waals surface area contributed by atoms with Gasteiger partial charge in [0.25, 0.3) is 0 Å². The zero-order valence-corrected chi connectivity index (χ0v) is 14.3. The molecule has 0 radical (unpaired) electrons. The smallest absolute Gasteiger partial charge is 0.194 e. The van der Waals surface area contributed by atoms with E-state index in [1.165, 1.54) is 11.8 Å². The van der Waals surface area contributed by atoms with E-state index >= 15 is 0 Å². The second kappa shape index (κ2) is 6.01. The van der Waals surface area contributed by atoms with Crippen LogP contribution in [0.3, 0.4) is 0 Å². The third-order valence-electron chi connectivity index (χ3n) is 2.64. The van der Waals surface area contributed by atoms with E-state index < -0.39 is 0 Å². The molecule has 1 nitrogen and oxygen atoms in total. The first-order valence-electron chi connectivity index (χ1n) is 6.27. The van der Waals surface area contributed by atoms with Crippen LogP contribution >= 0.6 is 23.5 Å². The summed E-state index contributed by atoms with van der Waals surface area (Å²) < 4.78 is 0.323. The zero-order chi connectivity index (χ0) is 13.9. The Kier molecular flexibility index (Phi) is 6.14. The maximum atomic E-state index is 12.0. The van der Waals surface area contributed by atoms with Crippen molar-refractivity contribution >= 4 is 28.6 Å². The number of rotatable bonds is 5. The van der Waals surface area contributed by atoms with E-state index in [1.807, 2.05) is 32.5 Å². The Balaban J connectivity index is 4.36. The van der Waals surface area contributed by atoms with E-state index in [-0.39, 0.29) is 15.3 Å². The molecule has 0 aromatic carbocycles. The first-order valence-corrected chi connectivity index (χ1v) is 8.07. The average Bonchev–Trinajstić information content (AvgIpc) is 2.13. The van der Waals surface area contributed by atoms with Crippen molar-refractivity contribution < 1.29 is 4.79 Å². The van der Waals surface area contributed by atoms with E-state index in [4.69, 9.17) is 0 Å². The van der Waals surface area contributed by atoms with Crippen LogP contribution in [-0.2, 0) is 4.79 Å². The van der Waals surface area contributed by atoms with Crippen molar-refractivity contribution in [3.63, 3.8) is 0 Å². The maximum Gasteiger partial charge on any atom is 0.194 e. The molecule has 0 N–H and O–H groups in total. The quantitative estimate of drug-likeness (QED) is 0.704. The molecule has 0 fully saturated rings. The lowest BCUT2D eigenvalue weighted by Gasteiger charge is -2.31. The summed E-state index contributed by atoms with van der Waals surface area (Å²) in [7, 11) is 0. The highest BCUT2D eigenvalue weighted by atomic mass is 32.2. The predicted molar refractivity (Wildman–Crippen MR) is 83.0 cm³/mol. The minimum Gasteiger partial charge on any atom is -0.287 e. The number of hydrogen-bond donors (Lipinski definition) is 0. The Labute approximate surface area is 116 Å². The summed E-state index contributed by atoms with van der Waals surface area (Å²) in [6, 6.07) is 0. The molecule has 0 aliphatic rings. The van der Waals surface area contributed by atoms with Gasteiger partial charge in [-0.05, 0) is 20.3 Å². The third-order valence-corrected chi connectivity index (χ3v) is 6.26. The fraction of sp³-hybridized carbons (Fsp3) is 0.929. The first kappa shape index (κ1) is 17.4. The molecule has 3 heteroatoms. The SMILES string of the molecule is CCC(C)(C)SCC(C)(C)SC(=O)C(C)(C)C. The topological polar surface area (TPSA) is 17.1 Å². The molecule has 102 valence electrons. The minimum absolute atomic E-state index is 0.0153. The van der Waals surface area contributed by atoms with Crippen LogP contribution in [0.15, 0.2) is 0 Å². The van der Waals surface area contributed by atoms with Crippen molar-refractivity contribution in [3.05, 3.63) is 0 Å². The molecule has 0 rings (SSSR count). The van der Waals surface area contributed by atoms with Gasteiger partial charge in [0.1, 0.15) is 0 Å². The lowest BCUT2D eigenvalue weighted by molar-refractivity contribution is -0.117. The van der Waals surface area contributed by atoms with Crippen molar-refractivity contribution in [2.75, 3.05) is 5.75 Å². The van der Waals surface area contributed by atoms with E-state index in [9.17, 15) is 4.79 Å². The summed E-state index contributed by atoms with van der Waals surface area (Å²) in [5.74, 6) is 1.01. The first-order chi connectivity index (χ1) is 7.40. The van der Waals surface area contributed by atoms with Gasteiger partial charge >= 0.3 is 0 Å². The van der Waals surface area contributed by atoms with Gasteiger partial charge in [0.15, 0.2) is 5.12 Å². The standard InChI is InChI=1S/C14H28OS2/c1-9-13(5,6)16-10-14(7,8)17-11(15)12(2,3)4/h9-10H2,1-8H3. The Bertz CT molecular complexity index is 262. The summed E-state index contributed by atoms with van der Waals surface area (Å²) in [6.45, 7) is 17.0. The molecule has 0 heterocycles. The Morgan fingerprint density at radius 1 is 0.941 bits per heavy atom. The molecular weight excluding hydrogens is 248 g/mol. The molecule has 0 aliphatic heterocycles. The second-order valence-corrected chi connectivity index (χ2v) is 10.2. The van der Waals surface area contributed by atoms with Crippen LogP contribution in [0.4, 0.5) is 0 Å². The summed E-state index contributed by atoms with van der Waals surface area (Å²) in [5, 5.41) is 0.289. The number of hydrogen-bond acceptors (Lipinski definition) is 3. The molecule has 0 unspecified atom stereocenters. The second-order valence-electron chi connectivity index (χ2n) is 6.80. The van der Waals surface area contributed by atoms with E-state index in [0.717, 1.165) is 12.2 Å². The Morgan fingerprint density at radius 2 is 1.41 bits per heavy atom. The van der Waals surface area contributed by atoms with Gasteiger partial charge in [0.05, 0.1) is 0 Å². The van der Waals surface area contributed by atoms with E-state index in [0.29, 0.717) is 4.75 Å². The molecule has 0 saturated heterocycles. The van der Waals surface area contributed by atoms with Crippen molar-refractivity contribution in [1.82, 2.24) is 0 Å². The molecule has 0 amide bonds. The Morgan fingerprint density at radius 3 is 1.76 bits per heavy atom. The Hall–Kier alpha value is 0.370. The van der Waals surface area contributed by atoms with Gasteiger partial charge in [-0.15, -0.1) is 0 Å². The molecule has 0 saturated carbocycles. The summed E-state index contributed by atoms with van der Waals surface area (Å²) in [6.07, 6.45) is 1.16. The third kappa shape index (κ3) is 7.40. The number of carbonyl (C=O) groups excluding carboxylic acids is 1. The van der Waals surface area contributed by atoms with Crippen LogP contribution in [0.2, 0.25) is 0 Å². The van der Waals surface area contributed by atoms with Crippen molar-refractivity contribution in [1.29, 1.82) is 0 Å². The van der Waals surface area contributed by atoms with Gasteiger partial charge in [0.2, 0.25) is 0 Å². The minimum atomic E-state index is -0.243. The predicted octanol–water partition coefficient (Wildman–Crippen LogP) is 4.99. The number of carbonyl (C=O) groups is 1. The molecule has 0 aromatic rings. The van der Waals surface area contributed by atoms with Crippen LogP contribution in [0.5, 0.6) is 0 Å². The van der Waals surface area contributed by atoms with Crippen LogP contribution in [0.1, 0.15) is 61.8 Å². The highest BCUT2D eigenvalue weighted by Crippen LogP contribution is 2.38. The van der Waals surface area contributed by atoms with Gasteiger partial charge in [-0.3, -0.25) is 4.79 Å². The van der Waals surface area contributed by atoms with Gasteiger partial charge in [0, 0.05) is 20.7 Å². The highest BCUT2D eigenvalue weighted by Gasteiger charge is 2.31. The van der Waals surface area contributed by atoms with Gasteiger partial charge in [-0.1, -0.05) is 53.3 Å². The summed E-state index contributed by atoms with van der Waals surface area (Å²) in [5.41, 5.74) is -0.243. The van der Waals surface area contributed by atoms with Gasteiger partial charge in [-0.25, -0.2) is 0 Å². The van der Waals surface area contributed by atoms with Crippen LogP contribution in [0.25, 0.3) is 0 Å². The van der Waals surface area contributed by atoms with Crippen molar-refractivity contribution in [2.24, 2.45) is 5.41 Å². The van der Waals surface area contributed by atoms with Gasteiger partial charge < -0.3 is 0 Å². The fourth-order valence-electron chi connectivity index (χ4n) is 0.905. The summed E-state index contributed by atoms with van der Waals surface area (Å²) in [4.78, 5) is 12.0. The summed E-state index contributed by atoms with van der Waals surface area (Å²) >= 11 is 3.47. The van der Waals surface area contributed by atoms with E-state index in [1.54, 1.807) is 0 Å². The highest BCUT2D eigenvalue weighted by molar-refractivity contribution is 8.15. The fourth-order valence-corrected chi connectivity index (χ4v) is 3.07. The molecule has 0 aliphatic carbocycles. The molecular formula is C14H28OS2. The lowest BCUT2D eigenvalue weighted by Crippen LogP contribution is -2.29. The molecule has 0 bridgehead atoms. The largest absolute Gasteiger partial charge is 0.287 e. The van der Waals surface area contributed by atoms with Crippen LogP contribution in [-0.4, -0.2) is 20.4 Å². The van der Waals surface area contributed by atoms with Crippen molar-refractivity contribution in [3.8, 4) is 0 Å². The van der Waals surface area contributed by atoms with Crippen LogP contribution < -0.4 is 0 Å².